The summed E-state index contributed by atoms with van der Waals surface area (Å²) in [7, 11) is 1.79. The number of ether oxygens (including phenoxy) is 3. The van der Waals surface area contributed by atoms with Crippen LogP contribution in [-0.2, 0) is 0 Å². The van der Waals surface area contributed by atoms with Crippen LogP contribution in [0, 0.1) is 0 Å². The van der Waals surface area contributed by atoms with Crippen molar-refractivity contribution in [2.75, 3.05) is 45.0 Å². The highest BCUT2D eigenvalue weighted by Gasteiger charge is 2.23. The highest BCUT2D eigenvalue weighted by molar-refractivity contribution is 5.80. The van der Waals surface area contributed by atoms with E-state index in [0.29, 0.717) is 19.2 Å². The second-order valence-electron chi connectivity index (χ2n) is 6.77. The van der Waals surface area contributed by atoms with Crippen molar-refractivity contribution in [3.63, 3.8) is 0 Å². The molecule has 2 aromatic rings. The third kappa shape index (κ3) is 4.42. The highest BCUT2D eigenvalue weighted by Crippen LogP contribution is 2.34. The summed E-state index contributed by atoms with van der Waals surface area (Å²) in [5.41, 5.74) is 1.27. The van der Waals surface area contributed by atoms with E-state index in [4.69, 9.17) is 14.2 Å². The number of para-hydroxylation sites is 1. The van der Waals surface area contributed by atoms with E-state index in [2.05, 4.69) is 44.8 Å². The van der Waals surface area contributed by atoms with Crippen LogP contribution in [0.25, 0.3) is 0 Å². The van der Waals surface area contributed by atoms with Crippen molar-refractivity contribution in [3.8, 4) is 17.2 Å². The van der Waals surface area contributed by atoms with Gasteiger partial charge in [-0.05, 0) is 30.7 Å². The van der Waals surface area contributed by atoms with Crippen LogP contribution >= 0.6 is 0 Å². The Bertz CT molecular complexity index is 813. The third-order valence-electron chi connectivity index (χ3n) is 4.88. The average Bonchev–Trinajstić information content (AvgIpc) is 3.40. The molecule has 0 amide bonds. The fourth-order valence-corrected chi connectivity index (χ4v) is 3.44. The fraction of sp³-hybridized carbons (Fsp3) is 0.381. The molecule has 2 heterocycles. The topological polar surface area (TPSA) is 67.4 Å². The molecule has 148 valence electrons. The van der Waals surface area contributed by atoms with Crippen molar-refractivity contribution in [2.45, 2.75) is 12.5 Å². The predicted octanol–water partition coefficient (Wildman–Crippen LogP) is 2.24. The lowest BCUT2D eigenvalue weighted by atomic mass is 10.3. The van der Waals surface area contributed by atoms with Crippen LogP contribution in [0.4, 0.5) is 5.69 Å². The van der Waals surface area contributed by atoms with Crippen LogP contribution in [0.3, 0.4) is 0 Å². The Labute approximate surface area is 165 Å². The summed E-state index contributed by atoms with van der Waals surface area (Å²) in [5, 5.41) is 6.82. The summed E-state index contributed by atoms with van der Waals surface area (Å²) in [6.45, 7) is 3.47. The van der Waals surface area contributed by atoms with Gasteiger partial charge >= 0.3 is 0 Å². The lowest BCUT2D eigenvalue weighted by Gasteiger charge is -2.20. The fourth-order valence-electron chi connectivity index (χ4n) is 3.44. The summed E-state index contributed by atoms with van der Waals surface area (Å²) in [5.74, 6) is 3.06. The zero-order valence-electron chi connectivity index (χ0n) is 16.1. The summed E-state index contributed by atoms with van der Waals surface area (Å²) in [6.07, 6.45) is 1.09. The molecule has 2 aliphatic heterocycles. The van der Waals surface area contributed by atoms with Crippen LogP contribution in [0.5, 0.6) is 17.2 Å². The van der Waals surface area contributed by atoms with Crippen molar-refractivity contribution >= 4 is 11.6 Å². The first-order valence-electron chi connectivity index (χ1n) is 9.61. The van der Waals surface area contributed by atoms with Crippen LogP contribution in [0.15, 0.2) is 53.5 Å². The monoisotopic (exact) mass is 382 g/mol. The molecule has 2 aliphatic rings. The normalized spacial score (nSPS) is 18.2. The molecule has 4 rings (SSSR count). The lowest BCUT2D eigenvalue weighted by molar-refractivity contribution is 0.173. The molecule has 1 atom stereocenters. The van der Waals surface area contributed by atoms with Gasteiger partial charge in [0.2, 0.25) is 6.79 Å². The molecule has 0 aromatic heterocycles. The van der Waals surface area contributed by atoms with Gasteiger partial charge in [0, 0.05) is 37.9 Å². The van der Waals surface area contributed by atoms with Crippen molar-refractivity contribution in [2.24, 2.45) is 4.99 Å². The average molecular weight is 382 g/mol. The van der Waals surface area contributed by atoms with Gasteiger partial charge in [-0.15, -0.1) is 0 Å². The second kappa shape index (κ2) is 8.73. The maximum atomic E-state index is 5.78. The number of benzene rings is 2. The number of rotatable bonds is 6. The quantitative estimate of drug-likeness (QED) is 0.454. The third-order valence-corrected chi connectivity index (χ3v) is 4.88. The van der Waals surface area contributed by atoms with Gasteiger partial charge in [-0.2, -0.15) is 0 Å². The van der Waals surface area contributed by atoms with Gasteiger partial charge in [0.15, 0.2) is 17.5 Å². The Morgan fingerprint density at radius 2 is 2.04 bits per heavy atom. The second-order valence-corrected chi connectivity index (χ2v) is 6.77. The van der Waals surface area contributed by atoms with Gasteiger partial charge in [-0.1, -0.05) is 18.2 Å². The molecule has 0 saturated carbocycles. The van der Waals surface area contributed by atoms with Gasteiger partial charge in [-0.25, -0.2) is 0 Å². The van der Waals surface area contributed by atoms with Gasteiger partial charge in [0.25, 0.3) is 0 Å². The van der Waals surface area contributed by atoms with Crippen LogP contribution in [-0.4, -0.2) is 52.1 Å². The van der Waals surface area contributed by atoms with Gasteiger partial charge in [-0.3, -0.25) is 4.99 Å². The van der Waals surface area contributed by atoms with Crippen LogP contribution in [0.2, 0.25) is 0 Å². The molecule has 7 nitrogen and oxygen atoms in total. The zero-order valence-corrected chi connectivity index (χ0v) is 16.1. The molecule has 28 heavy (non-hydrogen) atoms. The van der Waals surface area contributed by atoms with Crippen molar-refractivity contribution < 1.29 is 14.2 Å². The Morgan fingerprint density at radius 1 is 1.18 bits per heavy atom. The number of hydrogen-bond acceptors (Lipinski definition) is 5. The van der Waals surface area contributed by atoms with Crippen LogP contribution in [0.1, 0.15) is 6.42 Å². The number of hydrogen-bond donors (Lipinski definition) is 2. The molecule has 7 heteroatoms. The number of anilines is 1. The van der Waals surface area contributed by atoms with Gasteiger partial charge in [0.05, 0.1) is 6.54 Å². The Hall–Kier alpha value is -3.09. The minimum atomic E-state index is 0.269. The zero-order chi connectivity index (χ0) is 19.2. The Balaban J connectivity index is 1.19. The summed E-state index contributed by atoms with van der Waals surface area (Å²) < 4.78 is 16.5. The first-order chi connectivity index (χ1) is 13.8. The van der Waals surface area contributed by atoms with E-state index in [-0.39, 0.29) is 6.79 Å². The Kier molecular flexibility index (Phi) is 5.70. The summed E-state index contributed by atoms with van der Waals surface area (Å²) in [6, 6.07) is 16.5. The molecule has 0 aliphatic carbocycles. The van der Waals surface area contributed by atoms with E-state index >= 15 is 0 Å². The molecule has 0 spiro atoms. The standard InChI is InChI=1S/C21H26N4O3/c1-22-21(24-16-9-11-25(14-16)17-5-3-2-4-6-17)23-10-12-26-18-7-8-19-20(13-18)28-15-27-19/h2-8,13,16H,9-12,14-15H2,1H3,(H2,22,23,24). The van der Waals surface area contributed by atoms with E-state index < -0.39 is 0 Å². The number of nitrogens with zero attached hydrogens (tertiary/aromatic N) is 2. The SMILES string of the molecule is CN=C(NCCOc1ccc2c(c1)OCO2)NC1CCN(c2ccccc2)C1. The smallest absolute Gasteiger partial charge is 0.231 e. The molecular formula is C21H26N4O3. The van der Waals surface area contributed by atoms with Crippen molar-refractivity contribution in [1.82, 2.24) is 10.6 Å². The predicted molar refractivity (Wildman–Crippen MR) is 110 cm³/mol. The molecule has 0 bridgehead atoms. The summed E-state index contributed by atoms with van der Waals surface area (Å²) >= 11 is 0. The van der Waals surface area contributed by atoms with E-state index in [9.17, 15) is 0 Å². The van der Waals surface area contributed by atoms with Crippen LogP contribution < -0.4 is 29.7 Å². The molecular weight excluding hydrogens is 356 g/mol. The van der Waals surface area contributed by atoms with E-state index in [1.807, 2.05) is 24.3 Å². The molecule has 0 radical (unpaired) electrons. The first-order valence-corrected chi connectivity index (χ1v) is 9.61. The molecule has 1 saturated heterocycles. The minimum absolute atomic E-state index is 0.269. The highest BCUT2D eigenvalue weighted by atomic mass is 16.7. The van der Waals surface area contributed by atoms with E-state index in [0.717, 1.165) is 42.7 Å². The van der Waals surface area contributed by atoms with Crippen molar-refractivity contribution in [1.29, 1.82) is 0 Å². The molecule has 1 fully saturated rings. The van der Waals surface area contributed by atoms with Gasteiger partial charge in [0.1, 0.15) is 12.4 Å². The van der Waals surface area contributed by atoms with Crippen molar-refractivity contribution in [3.05, 3.63) is 48.5 Å². The van der Waals surface area contributed by atoms with Gasteiger partial charge < -0.3 is 29.7 Å². The minimum Gasteiger partial charge on any atom is -0.492 e. The molecule has 1 unspecified atom stereocenters. The van der Waals surface area contributed by atoms with E-state index in [1.165, 1.54) is 5.69 Å². The van der Waals surface area contributed by atoms with E-state index in [1.54, 1.807) is 7.05 Å². The Morgan fingerprint density at radius 3 is 2.89 bits per heavy atom. The maximum absolute atomic E-state index is 5.78. The summed E-state index contributed by atoms with van der Waals surface area (Å²) in [4.78, 5) is 6.72. The maximum Gasteiger partial charge on any atom is 0.231 e. The molecule has 2 aromatic carbocycles. The first kappa shape index (κ1) is 18.3. The number of nitrogens with one attached hydrogen (secondary N) is 2. The largest absolute Gasteiger partial charge is 0.492 e. The number of fused-ring (bicyclic) bond motifs is 1. The lowest BCUT2D eigenvalue weighted by Crippen LogP contribution is -2.45. The number of aliphatic imine (C=N–C) groups is 1. The molecule has 2 N–H and O–H groups in total. The number of guanidine groups is 1.